The van der Waals surface area contributed by atoms with Crippen LogP contribution in [0.5, 0.6) is 0 Å². The molecule has 158 valence electrons. The average molecular weight is 399 g/mol. The maximum atomic E-state index is 13.0. The zero-order chi connectivity index (χ0) is 20.6. The van der Waals surface area contributed by atoms with E-state index in [0.717, 1.165) is 43.4 Å². The third-order valence-electron chi connectivity index (χ3n) is 7.34. The summed E-state index contributed by atoms with van der Waals surface area (Å²) in [5.74, 6) is 1.07. The van der Waals surface area contributed by atoms with Crippen LogP contribution in [0.2, 0.25) is 0 Å². The van der Waals surface area contributed by atoms with E-state index in [9.17, 15) is 4.79 Å². The molecule has 4 heteroatoms. The van der Waals surface area contributed by atoms with Gasteiger partial charge in [-0.3, -0.25) is 0 Å². The third-order valence-corrected chi connectivity index (χ3v) is 7.34. The minimum atomic E-state index is -0.728. The molecule has 1 fully saturated rings. The van der Waals surface area contributed by atoms with E-state index < -0.39 is 5.60 Å². The van der Waals surface area contributed by atoms with Gasteiger partial charge in [-0.05, 0) is 70.9 Å². The van der Waals surface area contributed by atoms with Crippen molar-refractivity contribution in [3.8, 4) is 0 Å². The van der Waals surface area contributed by atoms with E-state index in [2.05, 4.69) is 12.2 Å². The molecule has 1 saturated carbocycles. The highest BCUT2D eigenvalue weighted by molar-refractivity contribution is 5.89. The van der Waals surface area contributed by atoms with Crippen LogP contribution in [0.25, 0.3) is 0 Å². The van der Waals surface area contributed by atoms with Gasteiger partial charge in [0.15, 0.2) is 5.60 Å². The molecule has 4 aliphatic carbocycles. The molecule has 4 nitrogen and oxygen atoms in total. The van der Waals surface area contributed by atoms with Gasteiger partial charge in [-0.25, -0.2) is 4.79 Å². The molecule has 0 heterocycles. The van der Waals surface area contributed by atoms with Crippen molar-refractivity contribution in [2.24, 2.45) is 11.3 Å². The first kappa shape index (κ1) is 20.5. The lowest BCUT2D eigenvalue weighted by molar-refractivity contribution is -0.161. The number of hydrogen-bond donors (Lipinski definition) is 0. The lowest BCUT2D eigenvalue weighted by Gasteiger charge is -2.57. The van der Waals surface area contributed by atoms with Crippen molar-refractivity contribution in [1.29, 1.82) is 0 Å². The van der Waals surface area contributed by atoms with Crippen molar-refractivity contribution in [2.45, 2.75) is 71.8 Å². The fraction of sp³-hybridized carbons (Fsp3) is 0.640. The Kier molecular flexibility index (Phi) is 5.50. The summed E-state index contributed by atoms with van der Waals surface area (Å²) in [6.45, 7) is 9.54. The largest absolute Gasteiger partial charge is 0.498 e. The van der Waals surface area contributed by atoms with Gasteiger partial charge in [0.2, 0.25) is 0 Å². The van der Waals surface area contributed by atoms with Gasteiger partial charge in [0.1, 0.15) is 5.76 Å². The first-order valence-electron chi connectivity index (χ1n) is 11.3. The Hall–Kier alpha value is -1.81. The summed E-state index contributed by atoms with van der Waals surface area (Å²) in [6.07, 6.45) is 13.1. The van der Waals surface area contributed by atoms with Crippen LogP contribution in [-0.4, -0.2) is 31.4 Å². The van der Waals surface area contributed by atoms with Crippen LogP contribution in [0, 0.1) is 11.3 Å². The van der Waals surface area contributed by atoms with Gasteiger partial charge in [0, 0.05) is 29.7 Å². The molecule has 3 atom stereocenters. The molecule has 0 saturated heterocycles. The summed E-state index contributed by atoms with van der Waals surface area (Å²) in [7, 11) is 0. The summed E-state index contributed by atoms with van der Waals surface area (Å²) < 4.78 is 18.4. The van der Waals surface area contributed by atoms with Gasteiger partial charge in [0.05, 0.1) is 18.6 Å². The average Bonchev–Trinajstić information content (AvgIpc) is 3.43. The molecular weight excluding hydrogens is 364 g/mol. The Bertz CT molecular complexity index is 815. The second-order valence-electron chi connectivity index (χ2n) is 8.61. The lowest BCUT2D eigenvalue weighted by atomic mass is 9.50. The smallest absolute Gasteiger partial charge is 0.334 e. The topological polar surface area (TPSA) is 44.8 Å². The fourth-order valence-electron chi connectivity index (χ4n) is 6.10. The number of esters is 1. The summed E-state index contributed by atoms with van der Waals surface area (Å²) >= 11 is 0. The molecule has 1 spiro atoms. The van der Waals surface area contributed by atoms with E-state index in [-0.39, 0.29) is 11.4 Å². The molecule has 0 aromatic carbocycles. The highest BCUT2D eigenvalue weighted by Crippen LogP contribution is 2.74. The van der Waals surface area contributed by atoms with Crippen LogP contribution >= 0.6 is 0 Å². The SMILES string of the molecule is C/C=C(\C)C(=O)O[C@@]12C=C(OCC)[C@H]3CCC[C@]31C(C1=CCCC1)=C2COCC. The van der Waals surface area contributed by atoms with Crippen molar-refractivity contribution in [3.63, 3.8) is 0 Å². The predicted octanol–water partition coefficient (Wildman–Crippen LogP) is 5.41. The van der Waals surface area contributed by atoms with Gasteiger partial charge in [0.25, 0.3) is 0 Å². The zero-order valence-corrected chi connectivity index (χ0v) is 18.3. The molecular formula is C25H34O4. The quantitative estimate of drug-likeness (QED) is 0.405. The summed E-state index contributed by atoms with van der Waals surface area (Å²) in [4.78, 5) is 13.0. The van der Waals surface area contributed by atoms with Gasteiger partial charge in [-0.1, -0.05) is 18.6 Å². The number of allylic oxidation sites excluding steroid dienone is 4. The number of carbonyl (C=O) groups excluding carboxylic acids is 1. The van der Waals surface area contributed by atoms with Crippen LogP contribution in [0.4, 0.5) is 0 Å². The molecule has 0 unspecified atom stereocenters. The van der Waals surface area contributed by atoms with Crippen LogP contribution in [0.3, 0.4) is 0 Å². The highest BCUT2D eigenvalue weighted by Gasteiger charge is 2.75. The molecule has 29 heavy (non-hydrogen) atoms. The first-order chi connectivity index (χ1) is 14.1. The number of hydrogen-bond acceptors (Lipinski definition) is 4. The molecule has 0 radical (unpaired) electrons. The van der Waals surface area contributed by atoms with Crippen molar-refractivity contribution in [3.05, 3.63) is 46.3 Å². The van der Waals surface area contributed by atoms with E-state index in [1.165, 1.54) is 17.6 Å². The van der Waals surface area contributed by atoms with Gasteiger partial charge >= 0.3 is 5.97 Å². The Morgan fingerprint density at radius 1 is 1.28 bits per heavy atom. The van der Waals surface area contributed by atoms with Gasteiger partial charge < -0.3 is 14.2 Å². The standard InChI is InChI=1S/C25H34O4/c1-5-17(4)23(26)29-25-15-21(28-7-3)19-13-10-14-24(19,25)22(18-11-8-9-12-18)20(25)16-27-6-2/h5,11,15,19H,6-10,12-14,16H2,1-4H3/b17-5+/t19-,24-,25-/m1/s1. The van der Waals surface area contributed by atoms with Crippen LogP contribution in [0.15, 0.2) is 46.3 Å². The van der Waals surface area contributed by atoms with E-state index in [0.29, 0.717) is 31.3 Å². The maximum Gasteiger partial charge on any atom is 0.334 e. The monoisotopic (exact) mass is 398 g/mol. The Morgan fingerprint density at radius 2 is 2.10 bits per heavy atom. The van der Waals surface area contributed by atoms with Crippen molar-refractivity contribution < 1.29 is 19.0 Å². The van der Waals surface area contributed by atoms with Crippen molar-refractivity contribution in [2.75, 3.05) is 19.8 Å². The lowest BCUT2D eigenvalue weighted by Crippen LogP contribution is -2.61. The first-order valence-corrected chi connectivity index (χ1v) is 11.3. The highest BCUT2D eigenvalue weighted by atomic mass is 16.6. The summed E-state index contributed by atoms with van der Waals surface area (Å²) in [6, 6.07) is 0. The van der Waals surface area contributed by atoms with Gasteiger partial charge in [-0.15, -0.1) is 0 Å². The summed E-state index contributed by atoms with van der Waals surface area (Å²) in [5, 5.41) is 0. The predicted molar refractivity (Wildman–Crippen MR) is 113 cm³/mol. The van der Waals surface area contributed by atoms with E-state index in [1.54, 1.807) is 0 Å². The Morgan fingerprint density at radius 3 is 2.76 bits per heavy atom. The maximum absolute atomic E-state index is 13.0. The Labute approximate surface area is 174 Å². The molecule has 0 aliphatic heterocycles. The van der Waals surface area contributed by atoms with Crippen LogP contribution in [0.1, 0.15) is 66.2 Å². The van der Waals surface area contributed by atoms with E-state index >= 15 is 0 Å². The number of ether oxygens (including phenoxy) is 3. The normalized spacial score (nSPS) is 33.1. The minimum Gasteiger partial charge on any atom is -0.498 e. The molecule has 4 aliphatic rings. The van der Waals surface area contributed by atoms with Crippen LogP contribution in [-0.2, 0) is 19.0 Å². The van der Waals surface area contributed by atoms with E-state index in [4.69, 9.17) is 14.2 Å². The summed E-state index contributed by atoms with van der Waals surface area (Å²) in [5.41, 5.74) is 3.76. The third kappa shape index (κ3) is 2.78. The number of rotatable bonds is 8. The fourth-order valence-corrected chi connectivity index (χ4v) is 6.10. The second kappa shape index (κ2) is 7.79. The molecule has 0 aromatic rings. The molecule has 0 N–H and O–H groups in total. The van der Waals surface area contributed by atoms with E-state index in [1.807, 2.05) is 33.8 Å². The van der Waals surface area contributed by atoms with Crippen molar-refractivity contribution in [1.82, 2.24) is 0 Å². The van der Waals surface area contributed by atoms with Gasteiger partial charge in [-0.2, -0.15) is 0 Å². The molecule has 0 aromatic heterocycles. The second-order valence-corrected chi connectivity index (χ2v) is 8.61. The molecule has 0 amide bonds. The molecule has 0 bridgehead atoms. The number of carbonyl (C=O) groups is 1. The van der Waals surface area contributed by atoms with Crippen molar-refractivity contribution >= 4 is 5.97 Å². The Balaban J connectivity index is 1.86. The zero-order valence-electron chi connectivity index (χ0n) is 18.3. The van der Waals surface area contributed by atoms with Crippen LogP contribution < -0.4 is 0 Å². The minimum absolute atomic E-state index is 0.177. The molecule has 4 rings (SSSR count).